The highest BCUT2D eigenvalue weighted by molar-refractivity contribution is 7.71. The number of hydrogen-bond donors (Lipinski definition) is 1. The number of H-pyrrole nitrogens is 1. The molecule has 1 aromatic heterocycles. The van der Waals surface area contributed by atoms with Gasteiger partial charge in [0.2, 0.25) is 0 Å². The molecule has 0 aliphatic carbocycles. The first kappa shape index (κ1) is 13.7. The Balaban J connectivity index is 2.63. The number of pyridine rings is 1. The van der Waals surface area contributed by atoms with Crippen LogP contribution in [-0.4, -0.2) is 4.98 Å². The summed E-state index contributed by atoms with van der Waals surface area (Å²) in [5.74, 6) is -1.77. The van der Waals surface area contributed by atoms with Gasteiger partial charge in [0.25, 0.3) is 0 Å². The van der Waals surface area contributed by atoms with Gasteiger partial charge in [-0.15, -0.1) is 0 Å². The summed E-state index contributed by atoms with van der Waals surface area (Å²) in [6, 6.07) is 3.97. The highest BCUT2D eigenvalue weighted by atomic mass is 32.1. The van der Waals surface area contributed by atoms with E-state index in [2.05, 4.69) is 17.2 Å². The smallest absolute Gasteiger partial charge is 0.346 e. The van der Waals surface area contributed by atoms with Crippen LogP contribution in [0.2, 0.25) is 0 Å². The zero-order valence-corrected chi connectivity index (χ0v) is 10.0. The van der Waals surface area contributed by atoms with E-state index >= 15 is 0 Å². The summed E-state index contributed by atoms with van der Waals surface area (Å²) in [5.41, 5.74) is -1.12. The molecule has 0 atom stereocenters. The molecule has 0 bridgehead atoms. The third-order valence-electron chi connectivity index (χ3n) is 2.35. The first-order valence-electron chi connectivity index (χ1n) is 5.04. The highest BCUT2D eigenvalue weighted by Crippen LogP contribution is 2.31. The van der Waals surface area contributed by atoms with Crippen molar-refractivity contribution in [1.82, 2.24) is 4.98 Å². The molecule has 2 rings (SSSR count). The van der Waals surface area contributed by atoms with Gasteiger partial charge in [0.05, 0.1) is 5.56 Å². The summed E-state index contributed by atoms with van der Waals surface area (Å²) in [6.45, 7) is 0. The molecule has 7 heteroatoms. The molecule has 0 aliphatic heterocycles. The summed E-state index contributed by atoms with van der Waals surface area (Å²) < 4.78 is 63.8. The van der Waals surface area contributed by atoms with Crippen molar-refractivity contribution < 1.29 is 22.0 Å². The summed E-state index contributed by atoms with van der Waals surface area (Å²) in [4.78, 5) is 2.47. The van der Waals surface area contributed by atoms with Gasteiger partial charge < -0.3 is 4.98 Å². The average molecular weight is 291 g/mol. The molecule has 0 unspecified atom stereocenters. The van der Waals surface area contributed by atoms with E-state index in [1.54, 1.807) is 0 Å². The van der Waals surface area contributed by atoms with Crippen molar-refractivity contribution in [2.75, 3.05) is 0 Å². The van der Waals surface area contributed by atoms with E-state index in [9.17, 15) is 22.0 Å². The molecule has 0 saturated carbocycles. The molecule has 2 aromatic rings. The monoisotopic (exact) mass is 291 g/mol. The van der Waals surface area contributed by atoms with Gasteiger partial charge in [-0.1, -0.05) is 12.2 Å². The minimum Gasteiger partial charge on any atom is -0.346 e. The Morgan fingerprint density at radius 3 is 2.00 bits per heavy atom. The zero-order chi connectivity index (χ0) is 14.2. The van der Waals surface area contributed by atoms with Gasteiger partial charge in [-0.2, -0.15) is 13.2 Å². The average Bonchev–Trinajstić information content (AvgIpc) is 2.25. The molecule has 19 heavy (non-hydrogen) atoms. The van der Waals surface area contributed by atoms with Crippen molar-refractivity contribution >= 4 is 12.2 Å². The Kier molecular flexibility index (Phi) is 3.40. The van der Waals surface area contributed by atoms with Gasteiger partial charge in [-0.25, -0.2) is 8.78 Å². The van der Waals surface area contributed by atoms with Crippen molar-refractivity contribution in [3.63, 3.8) is 0 Å². The molecule has 0 saturated heterocycles. The first-order chi connectivity index (χ1) is 8.75. The van der Waals surface area contributed by atoms with E-state index in [-0.39, 0.29) is 15.9 Å². The van der Waals surface area contributed by atoms with Crippen molar-refractivity contribution in [2.45, 2.75) is 6.18 Å². The predicted octanol–water partition coefficient (Wildman–Crippen LogP) is 4.71. The fourth-order valence-electron chi connectivity index (χ4n) is 1.57. The van der Waals surface area contributed by atoms with Crippen LogP contribution in [0.25, 0.3) is 11.3 Å². The van der Waals surface area contributed by atoms with Crippen LogP contribution in [0.4, 0.5) is 22.0 Å². The third-order valence-corrected chi connectivity index (χ3v) is 2.57. The van der Waals surface area contributed by atoms with Crippen LogP contribution in [-0.2, 0) is 6.18 Å². The number of alkyl halides is 3. The topological polar surface area (TPSA) is 15.8 Å². The van der Waals surface area contributed by atoms with Crippen LogP contribution < -0.4 is 0 Å². The summed E-state index contributed by atoms with van der Waals surface area (Å²) in [7, 11) is 0. The van der Waals surface area contributed by atoms with Crippen LogP contribution in [0.3, 0.4) is 0 Å². The maximum Gasteiger partial charge on any atom is 0.416 e. The molecule has 1 heterocycles. The minimum absolute atomic E-state index is 0.0466. The third kappa shape index (κ3) is 3.17. The lowest BCUT2D eigenvalue weighted by atomic mass is 10.1. The standard InChI is InChI=1S/C12H6F5NS/c13-8-1-6(2-9(14)5-8)10-3-7(12(15,16)17)4-11(19)18-10/h1-5H,(H,18,19). The first-order valence-corrected chi connectivity index (χ1v) is 5.44. The molecule has 0 radical (unpaired) electrons. The highest BCUT2D eigenvalue weighted by Gasteiger charge is 2.31. The number of aromatic nitrogens is 1. The molecule has 1 nitrogen and oxygen atoms in total. The molecular weight excluding hydrogens is 285 g/mol. The van der Waals surface area contributed by atoms with Crippen LogP contribution in [0, 0.1) is 16.3 Å². The minimum atomic E-state index is -4.58. The quantitative estimate of drug-likeness (QED) is 0.594. The van der Waals surface area contributed by atoms with Crippen molar-refractivity contribution in [2.24, 2.45) is 0 Å². The van der Waals surface area contributed by atoms with Gasteiger partial charge in [-0.3, -0.25) is 0 Å². The van der Waals surface area contributed by atoms with Crippen LogP contribution in [0.1, 0.15) is 5.56 Å². The molecular formula is C12H6F5NS. The molecule has 0 fully saturated rings. The Bertz CT molecular complexity index is 654. The van der Waals surface area contributed by atoms with E-state index in [0.717, 1.165) is 24.3 Å². The maximum atomic E-state index is 13.0. The van der Waals surface area contributed by atoms with Gasteiger partial charge in [-0.05, 0) is 24.3 Å². The fourth-order valence-corrected chi connectivity index (χ4v) is 1.81. The molecule has 1 N–H and O–H groups in total. The Morgan fingerprint density at radius 2 is 1.47 bits per heavy atom. The predicted molar refractivity (Wildman–Crippen MR) is 62.0 cm³/mol. The number of rotatable bonds is 1. The molecule has 0 aliphatic rings. The lowest BCUT2D eigenvalue weighted by Crippen LogP contribution is -2.05. The van der Waals surface area contributed by atoms with Crippen LogP contribution in [0.5, 0.6) is 0 Å². The second-order valence-corrected chi connectivity index (χ2v) is 4.24. The maximum absolute atomic E-state index is 13.0. The normalized spacial score (nSPS) is 11.6. The van der Waals surface area contributed by atoms with Crippen LogP contribution in [0.15, 0.2) is 30.3 Å². The van der Waals surface area contributed by atoms with E-state index in [0.29, 0.717) is 6.07 Å². The van der Waals surface area contributed by atoms with E-state index in [1.165, 1.54) is 0 Å². The second kappa shape index (κ2) is 4.73. The Morgan fingerprint density at radius 1 is 0.895 bits per heavy atom. The van der Waals surface area contributed by atoms with Gasteiger partial charge in [0, 0.05) is 17.3 Å². The van der Waals surface area contributed by atoms with Crippen molar-refractivity contribution in [3.8, 4) is 11.3 Å². The summed E-state index contributed by atoms with van der Waals surface area (Å²) >= 11 is 4.68. The molecule has 0 amide bonds. The molecule has 100 valence electrons. The van der Waals surface area contributed by atoms with Crippen molar-refractivity contribution in [1.29, 1.82) is 0 Å². The number of halogens is 5. The molecule has 0 spiro atoms. The Hall–Kier alpha value is -1.76. The fraction of sp³-hybridized carbons (Fsp3) is 0.0833. The number of nitrogens with one attached hydrogen (secondary N) is 1. The number of hydrogen-bond acceptors (Lipinski definition) is 1. The SMILES string of the molecule is Fc1cc(F)cc(-c2cc(C(F)(F)F)cc(=S)[nH]2)c1. The Labute approximate surface area is 109 Å². The second-order valence-electron chi connectivity index (χ2n) is 3.80. The van der Waals surface area contributed by atoms with Crippen LogP contribution >= 0.6 is 12.2 Å². The number of aromatic amines is 1. The number of benzene rings is 1. The van der Waals surface area contributed by atoms with Gasteiger partial charge >= 0.3 is 6.18 Å². The lowest BCUT2D eigenvalue weighted by molar-refractivity contribution is -0.137. The van der Waals surface area contributed by atoms with Crippen molar-refractivity contribution in [3.05, 3.63) is 52.2 Å². The lowest BCUT2D eigenvalue weighted by Gasteiger charge is -2.09. The van der Waals surface area contributed by atoms with Gasteiger partial charge in [0.1, 0.15) is 16.3 Å². The molecule has 1 aromatic carbocycles. The van der Waals surface area contributed by atoms with Gasteiger partial charge in [0.15, 0.2) is 0 Å². The van der Waals surface area contributed by atoms with E-state index in [1.807, 2.05) is 0 Å². The van der Waals surface area contributed by atoms with E-state index < -0.39 is 23.4 Å². The van der Waals surface area contributed by atoms with E-state index in [4.69, 9.17) is 0 Å². The summed E-state index contributed by atoms with van der Waals surface area (Å²) in [6.07, 6.45) is -4.58. The largest absolute Gasteiger partial charge is 0.416 e. The zero-order valence-electron chi connectivity index (χ0n) is 9.18. The summed E-state index contributed by atoms with van der Waals surface area (Å²) in [5, 5.41) is 0.